The van der Waals surface area contributed by atoms with Crippen LogP contribution in [0, 0.1) is 0 Å². The predicted molar refractivity (Wildman–Crippen MR) is 107 cm³/mol. The van der Waals surface area contributed by atoms with Gasteiger partial charge in [0.25, 0.3) is 0 Å². The van der Waals surface area contributed by atoms with E-state index >= 15 is 0 Å². The third kappa shape index (κ3) is 5.58. The number of anilines is 3. The monoisotopic (exact) mass is 389 g/mol. The highest BCUT2D eigenvalue weighted by Gasteiger charge is 2.15. The number of para-hydroxylation sites is 4. The number of hydrogen-bond acceptors (Lipinski definition) is 4. The van der Waals surface area contributed by atoms with Crippen molar-refractivity contribution in [3.8, 4) is 5.75 Å². The standard InChI is InChI=1S/C21H25F2N3O2/c22-21(23)28-19-12-6-4-10-17(19)25-20(27)15-24-16-9-3-5-11-18(16)26-13-7-1-2-8-14-26/h3-6,9-12,21,24H,1-2,7-8,13-15H2,(H,25,27). The lowest BCUT2D eigenvalue weighted by Crippen LogP contribution is -2.27. The van der Waals surface area contributed by atoms with Crippen LogP contribution >= 0.6 is 0 Å². The van der Waals surface area contributed by atoms with E-state index in [1.807, 2.05) is 18.2 Å². The summed E-state index contributed by atoms with van der Waals surface area (Å²) in [6.45, 7) is -0.919. The van der Waals surface area contributed by atoms with Crippen molar-refractivity contribution in [3.05, 3.63) is 48.5 Å². The van der Waals surface area contributed by atoms with Crippen molar-refractivity contribution in [3.63, 3.8) is 0 Å². The molecule has 0 saturated carbocycles. The summed E-state index contributed by atoms with van der Waals surface area (Å²) >= 11 is 0. The maximum Gasteiger partial charge on any atom is 0.387 e. The minimum Gasteiger partial charge on any atom is -0.433 e. The van der Waals surface area contributed by atoms with Gasteiger partial charge in [0.15, 0.2) is 0 Å². The number of ether oxygens (including phenoxy) is 1. The number of alkyl halides is 2. The maximum atomic E-state index is 12.5. The molecule has 28 heavy (non-hydrogen) atoms. The van der Waals surface area contributed by atoms with Crippen LogP contribution in [0.2, 0.25) is 0 Å². The number of carbonyl (C=O) groups is 1. The Bertz CT molecular complexity index is 778. The highest BCUT2D eigenvalue weighted by atomic mass is 19.3. The van der Waals surface area contributed by atoms with Gasteiger partial charge in [-0.25, -0.2) is 0 Å². The second-order valence-electron chi connectivity index (χ2n) is 6.69. The van der Waals surface area contributed by atoms with Crippen molar-refractivity contribution in [2.24, 2.45) is 0 Å². The molecule has 1 fully saturated rings. The smallest absolute Gasteiger partial charge is 0.387 e. The lowest BCUT2D eigenvalue weighted by molar-refractivity contribution is -0.114. The fourth-order valence-corrected chi connectivity index (χ4v) is 3.35. The van der Waals surface area contributed by atoms with E-state index in [4.69, 9.17) is 0 Å². The second-order valence-corrected chi connectivity index (χ2v) is 6.69. The minimum absolute atomic E-state index is 0.0217. The molecule has 1 amide bonds. The molecule has 1 aliphatic heterocycles. The zero-order chi connectivity index (χ0) is 19.8. The van der Waals surface area contributed by atoms with Crippen LogP contribution in [0.25, 0.3) is 0 Å². The molecule has 0 bridgehead atoms. The van der Waals surface area contributed by atoms with Crippen molar-refractivity contribution in [1.82, 2.24) is 0 Å². The van der Waals surface area contributed by atoms with Gasteiger partial charge in [0, 0.05) is 13.1 Å². The number of benzene rings is 2. The van der Waals surface area contributed by atoms with E-state index in [-0.39, 0.29) is 23.9 Å². The predicted octanol–water partition coefficient (Wildman–Crippen LogP) is 4.72. The molecular weight excluding hydrogens is 364 g/mol. The molecule has 1 aliphatic rings. The molecule has 0 radical (unpaired) electrons. The SMILES string of the molecule is O=C(CNc1ccccc1N1CCCCCC1)Nc1ccccc1OC(F)F. The van der Waals surface area contributed by atoms with Gasteiger partial charge in [-0.2, -0.15) is 8.78 Å². The van der Waals surface area contributed by atoms with Gasteiger partial charge < -0.3 is 20.3 Å². The van der Waals surface area contributed by atoms with Crippen molar-refractivity contribution in [2.45, 2.75) is 32.3 Å². The molecule has 150 valence electrons. The first-order valence-electron chi connectivity index (χ1n) is 9.55. The topological polar surface area (TPSA) is 53.6 Å². The fraction of sp³-hybridized carbons (Fsp3) is 0.381. The van der Waals surface area contributed by atoms with Crippen molar-refractivity contribution >= 4 is 23.0 Å². The molecule has 0 unspecified atom stereocenters. The summed E-state index contributed by atoms with van der Waals surface area (Å²) < 4.78 is 29.5. The fourth-order valence-electron chi connectivity index (χ4n) is 3.35. The number of nitrogens with zero attached hydrogens (tertiary/aromatic N) is 1. The summed E-state index contributed by atoms with van der Waals surface area (Å²) in [6, 6.07) is 14.1. The molecule has 2 aromatic rings. The molecular formula is C21H25F2N3O2. The summed E-state index contributed by atoms with van der Waals surface area (Å²) in [5, 5.41) is 5.79. The van der Waals surface area contributed by atoms with Gasteiger partial charge in [-0.15, -0.1) is 0 Å². The van der Waals surface area contributed by atoms with E-state index in [0.717, 1.165) is 37.3 Å². The Kier molecular flexibility index (Phi) is 7.06. The molecule has 3 rings (SSSR count). The summed E-state index contributed by atoms with van der Waals surface area (Å²) in [5.74, 6) is -0.396. The van der Waals surface area contributed by atoms with Crippen LogP contribution in [0.1, 0.15) is 25.7 Å². The average Bonchev–Trinajstić information content (AvgIpc) is 2.97. The van der Waals surface area contributed by atoms with Crippen LogP contribution in [0.15, 0.2) is 48.5 Å². The normalized spacial score (nSPS) is 14.5. The third-order valence-electron chi connectivity index (χ3n) is 4.67. The van der Waals surface area contributed by atoms with Crippen LogP contribution < -0.4 is 20.3 Å². The lowest BCUT2D eigenvalue weighted by atomic mass is 10.2. The highest BCUT2D eigenvalue weighted by molar-refractivity contribution is 5.95. The molecule has 2 N–H and O–H groups in total. The first kappa shape index (κ1) is 19.9. The maximum absolute atomic E-state index is 12.5. The summed E-state index contributed by atoms with van der Waals surface area (Å²) in [5.41, 5.74) is 2.19. The van der Waals surface area contributed by atoms with Crippen LogP contribution in [-0.2, 0) is 4.79 Å². The summed E-state index contributed by atoms with van der Waals surface area (Å²) in [4.78, 5) is 14.7. The molecule has 2 aromatic carbocycles. The van der Waals surface area contributed by atoms with Crippen LogP contribution in [0.3, 0.4) is 0 Å². The number of carbonyl (C=O) groups excluding carboxylic acids is 1. The Morgan fingerprint density at radius 2 is 1.61 bits per heavy atom. The second kappa shape index (κ2) is 9.92. The first-order valence-corrected chi connectivity index (χ1v) is 9.55. The highest BCUT2D eigenvalue weighted by Crippen LogP contribution is 2.28. The molecule has 5 nitrogen and oxygen atoms in total. The van der Waals surface area contributed by atoms with E-state index in [2.05, 4.69) is 26.3 Å². The number of amides is 1. The number of halogens is 2. The number of rotatable bonds is 7. The van der Waals surface area contributed by atoms with Gasteiger partial charge >= 0.3 is 6.61 Å². The van der Waals surface area contributed by atoms with Crippen LogP contribution in [-0.4, -0.2) is 32.2 Å². The zero-order valence-electron chi connectivity index (χ0n) is 15.7. The molecule has 1 heterocycles. The Hall–Kier alpha value is -2.83. The Morgan fingerprint density at radius 1 is 0.964 bits per heavy atom. The van der Waals surface area contributed by atoms with Crippen molar-refractivity contribution in [1.29, 1.82) is 0 Å². The molecule has 0 aromatic heterocycles. The zero-order valence-corrected chi connectivity index (χ0v) is 15.7. The quantitative estimate of drug-likeness (QED) is 0.720. The Balaban J connectivity index is 1.62. The lowest BCUT2D eigenvalue weighted by Gasteiger charge is -2.25. The van der Waals surface area contributed by atoms with Crippen molar-refractivity contribution in [2.75, 3.05) is 35.2 Å². The molecule has 0 spiro atoms. The molecule has 0 atom stereocenters. The molecule has 1 saturated heterocycles. The van der Waals surface area contributed by atoms with Gasteiger partial charge in [-0.1, -0.05) is 37.1 Å². The minimum atomic E-state index is -2.95. The van der Waals surface area contributed by atoms with Crippen molar-refractivity contribution < 1.29 is 18.3 Å². The Labute approximate surface area is 163 Å². The third-order valence-corrected chi connectivity index (χ3v) is 4.67. The van der Waals surface area contributed by atoms with Crippen LogP contribution in [0.5, 0.6) is 5.75 Å². The van der Waals surface area contributed by atoms with Gasteiger partial charge in [-0.3, -0.25) is 4.79 Å². The number of nitrogens with one attached hydrogen (secondary N) is 2. The molecule has 0 aliphatic carbocycles. The van der Waals surface area contributed by atoms with E-state index in [0.29, 0.717) is 0 Å². The van der Waals surface area contributed by atoms with E-state index < -0.39 is 6.61 Å². The van der Waals surface area contributed by atoms with Gasteiger partial charge in [0.1, 0.15) is 5.75 Å². The number of hydrogen-bond donors (Lipinski definition) is 2. The first-order chi connectivity index (χ1) is 13.6. The largest absolute Gasteiger partial charge is 0.433 e. The summed E-state index contributed by atoms with van der Waals surface area (Å²) in [7, 11) is 0. The summed E-state index contributed by atoms with van der Waals surface area (Å²) in [6.07, 6.45) is 4.81. The van der Waals surface area contributed by atoms with E-state index in [1.165, 1.54) is 25.0 Å². The van der Waals surface area contributed by atoms with E-state index in [1.54, 1.807) is 12.1 Å². The van der Waals surface area contributed by atoms with Crippen LogP contribution in [0.4, 0.5) is 25.8 Å². The average molecular weight is 389 g/mol. The Morgan fingerprint density at radius 3 is 2.32 bits per heavy atom. The van der Waals surface area contributed by atoms with Gasteiger partial charge in [0.05, 0.1) is 23.6 Å². The van der Waals surface area contributed by atoms with E-state index in [9.17, 15) is 13.6 Å². The van der Waals surface area contributed by atoms with Gasteiger partial charge in [-0.05, 0) is 37.1 Å². The molecule has 7 heteroatoms. The van der Waals surface area contributed by atoms with Gasteiger partial charge in [0.2, 0.25) is 5.91 Å².